The topological polar surface area (TPSA) is 148 Å². The van der Waals surface area contributed by atoms with Gasteiger partial charge in [0.1, 0.15) is 5.52 Å². The number of nitrogens with zero attached hydrogens (tertiary/aromatic N) is 1. The number of hydrogen-bond donors (Lipinski definition) is 0. The summed E-state index contributed by atoms with van der Waals surface area (Å²) in [5.74, 6) is -3.06. The molecule has 11 nitrogen and oxygen atoms in total. The van der Waals surface area contributed by atoms with E-state index in [4.69, 9.17) is 23.4 Å². The van der Waals surface area contributed by atoms with E-state index in [9.17, 15) is 24.0 Å². The van der Waals surface area contributed by atoms with Crippen LogP contribution in [-0.4, -0.2) is 54.6 Å². The quantitative estimate of drug-likeness (QED) is 0.135. The first kappa shape index (κ1) is 28.0. The smallest absolute Gasteiger partial charge is 0.340 e. The van der Waals surface area contributed by atoms with Gasteiger partial charge >= 0.3 is 23.5 Å². The molecule has 2 aliphatic rings. The van der Waals surface area contributed by atoms with Crippen molar-refractivity contribution < 1.29 is 42.5 Å². The molecule has 0 N–H and O–H groups in total. The van der Waals surface area contributed by atoms with Gasteiger partial charge in [-0.3, -0.25) is 9.78 Å². The summed E-state index contributed by atoms with van der Waals surface area (Å²) >= 11 is 0. The Morgan fingerprint density at radius 1 is 0.860 bits per heavy atom. The van der Waals surface area contributed by atoms with Gasteiger partial charge in [0.2, 0.25) is 5.78 Å². The maximum atomic E-state index is 14.6. The van der Waals surface area contributed by atoms with E-state index in [1.54, 1.807) is 57.2 Å². The minimum Gasteiger partial charge on any atom is -0.464 e. The van der Waals surface area contributed by atoms with Crippen molar-refractivity contribution >= 4 is 51.1 Å². The normalized spacial score (nSPS) is 19.0. The van der Waals surface area contributed by atoms with Gasteiger partial charge in [-0.25, -0.2) is 19.2 Å². The highest BCUT2D eigenvalue weighted by atomic mass is 16.6. The van der Waals surface area contributed by atoms with Gasteiger partial charge in [0.05, 0.1) is 31.0 Å². The molecule has 0 saturated heterocycles. The minimum absolute atomic E-state index is 0.00148. The molecule has 218 valence electrons. The third-order valence-electron chi connectivity index (χ3n) is 7.41. The van der Waals surface area contributed by atoms with Gasteiger partial charge < -0.3 is 23.4 Å². The maximum Gasteiger partial charge on any atom is 0.340 e. The highest BCUT2D eigenvalue weighted by Gasteiger charge is 2.63. The summed E-state index contributed by atoms with van der Waals surface area (Å²) in [4.78, 5) is 71.4. The lowest BCUT2D eigenvalue weighted by Crippen LogP contribution is -2.38. The molecule has 0 bridgehead atoms. The fourth-order valence-corrected chi connectivity index (χ4v) is 5.85. The van der Waals surface area contributed by atoms with Gasteiger partial charge in [0, 0.05) is 39.7 Å². The molecule has 0 spiro atoms. The van der Waals surface area contributed by atoms with Crippen LogP contribution >= 0.6 is 0 Å². The Labute approximate surface area is 244 Å². The van der Waals surface area contributed by atoms with E-state index in [0.717, 1.165) is 6.07 Å². The number of pyridine rings is 1. The van der Waals surface area contributed by atoms with E-state index >= 15 is 0 Å². The van der Waals surface area contributed by atoms with E-state index < -0.39 is 41.0 Å². The summed E-state index contributed by atoms with van der Waals surface area (Å²) in [6, 6.07) is 12.4. The number of benzene rings is 2. The third-order valence-corrected chi connectivity index (χ3v) is 7.41. The number of fused-ring (bicyclic) bond motifs is 6. The van der Waals surface area contributed by atoms with Crippen LogP contribution in [-0.2, 0) is 34.1 Å². The van der Waals surface area contributed by atoms with Crippen LogP contribution in [0, 0.1) is 0 Å². The number of ether oxygens (including phenoxy) is 4. The van der Waals surface area contributed by atoms with Crippen molar-refractivity contribution in [2.75, 3.05) is 19.8 Å². The Hall–Kier alpha value is -5.16. The Kier molecular flexibility index (Phi) is 6.89. The molecule has 2 atom stereocenters. The predicted octanol–water partition coefficient (Wildman–Crippen LogP) is 3.89. The van der Waals surface area contributed by atoms with E-state index in [1.165, 1.54) is 12.3 Å². The molecule has 2 aromatic carbocycles. The van der Waals surface area contributed by atoms with Crippen LogP contribution in [0.2, 0.25) is 0 Å². The van der Waals surface area contributed by atoms with Crippen LogP contribution in [0.3, 0.4) is 0 Å². The van der Waals surface area contributed by atoms with Crippen molar-refractivity contribution in [2.24, 2.45) is 0 Å². The number of rotatable bonds is 7. The molecule has 6 rings (SSSR count). The summed E-state index contributed by atoms with van der Waals surface area (Å²) in [6.07, 6.45) is -0.143. The molecule has 3 heterocycles. The van der Waals surface area contributed by atoms with Crippen molar-refractivity contribution in [3.8, 4) is 0 Å². The van der Waals surface area contributed by atoms with Crippen molar-refractivity contribution in [2.45, 2.75) is 32.5 Å². The summed E-state index contributed by atoms with van der Waals surface area (Å²) < 4.78 is 27.8. The molecule has 0 radical (unpaired) electrons. The monoisotopic (exact) mass is 583 g/mol. The average molecular weight is 584 g/mol. The van der Waals surface area contributed by atoms with Gasteiger partial charge in [-0.15, -0.1) is 0 Å². The predicted molar refractivity (Wildman–Crippen MR) is 151 cm³/mol. The second kappa shape index (κ2) is 10.6. The molecule has 0 saturated carbocycles. The van der Waals surface area contributed by atoms with Crippen LogP contribution in [0.15, 0.2) is 69.5 Å². The van der Waals surface area contributed by atoms with Gasteiger partial charge in [-0.1, -0.05) is 30.3 Å². The zero-order valence-corrected chi connectivity index (χ0v) is 23.4. The molecule has 4 aromatic rings. The zero-order valence-electron chi connectivity index (χ0n) is 23.4. The van der Waals surface area contributed by atoms with Crippen molar-refractivity contribution in [1.82, 2.24) is 4.98 Å². The molecule has 1 aliphatic carbocycles. The second-order valence-electron chi connectivity index (χ2n) is 9.71. The minimum atomic E-state index is -2.05. The van der Waals surface area contributed by atoms with Crippen molar-refractivity contribution in [1.29, 1.82) is 0 Å². The molecule has 2 aromatic heterocycles. The van der Waals surface area contributed by atoms with Crippen molar-refractivity contribution in [3.63, 3.8) is 0 Å². The number of Topliss-reactive ketones (excluding diaryl/α,β-unsaturated/α-hetero) is 1. The Morgan fingerprint density at radius 2 is 1.56 bits per heavy atom. The first-order chi connectivity index (χ1) is 20.8. The molecule has 2 unspecified atom stereocenters. The highest BCUT2D eigenvalue weighted by Crippen LogP contribution is 2.58. The Bertz CT molecular complexity index is 1960. The van der Waals surface area contributed by atoms with E-state index in [0.29, 0.717) is 10.9 Å². The maximum absolute atomic E-state index is 14.6. The summed E-state index contributed by atoms with van der Waals surface area (Å²) in [5.41, 5.74) is -2.06. The number of aromatic nitrogens is 1. The van der Waals surface area contributed by atoms with E-state index in [2.05, 4.69) is 4.98 Å². The van der Waals surface area contributed by atoms with Gasteiger partial charge in [0.15, 0.2) is 17.3 Å². The van der Waals surface area contributed by atoms with Crippen molar-refractivity contribution in [3.05, 3.63) is 93.0 Å². The standard InChI is InChI=1S/C32H25NO10/c1-4-39-29(36)20-15-22(34)42-26-19(20)14-21(18-12-9-13-33-25(18)26)32-24(16-10-7-8-11-17(16)28(32)35)23(30(37)40-5-2)27(43-32)31(38)41-6-3/h7-15,27H,4-6H2,1-3H3. The molecule has 1 aliphatic heterocycles. The Morgan fingerprint density at radius 3 is 2.28 bits per heavy atom. The number of hydrogen-bond acceptors (Lipinski definition) is 11. The van der Waals surface area contributed by atoms with Crippen LogP contribution in [0.25, 0.3) is 27.4 Å². The fraction of sp³-hybridized carbons (Fsp3) is 0.250. The zero-order chi connectivity index (χ0) is 30.5. The fourth-order valence-electron chi connectivity index (χ4n) is 5.85. The van der Waals surface area contributed by atoms with Gasteiger partial charge in [-0.05, 0) is 38.5 Å². The van der Waals surface area contributed by atoms with E-state index in [-0.39, 0.29) is 64.1 Å². The molecule has 11 heteroatoms. The largest absolute Gasteiger partial charge is 0.464 e. The lowest BCUT2D eigenvalue weighted by Gasteiger charge is -2.28. The Balaban J connectivity index is 1.77. The van der Waals surface area contributed by atoms with Gasteiger partial charge in [0.25, 0.3) is 0 Å². The lowest BCUT2D eigenvalue weighted by molar-refractivity contribution is -0.159. The van der Waals surface area contributed by atoms with E-state index in [1.807, 2.05) is 0 Å². The SMILES string of the molecule is CCOC(=O)C1=C2c3ccccc3C(=O)C2(c2cc3c(C(=O)OCC)cc(=O)oc3c3ncccc23)OC1C(=O)OCC. The summed E-state index contributed by atoms with van der Waals surface area (Å²) in [5, 5.41) is 0.447. The van der Waals surface area contributed by atoms with Crippen LogP contribution in [0.1, 0.15) is 52.6 Å². The van der Waals surface area contributed by atoms with Crippen LogP contribution < -0.4 is 5.63 Å². The molecule has 0 amide bonds. The molecule has 43 heavy (non-hydrogen) atoms. The first-order valence-electron chi connectivity index (χ1n) is 13.7. The lowest BCUT2D eigenvalue weighted by atomic mass is 9.81. The summed E-state index contributed by atoms with van der Waals surface area (Å²) in [6.45, 7) is 4.87. The average Bonchev–Trinajstić information content (AvgIpc) is 3.48. The second-order valence-corrected chi connectivity index (χ2v) is 9.71. The molecular formula is C32H25NO10. The number of carbonyl (C=O) groups is 4. The van der Waals surface area contributed by atoms with Crippen LogP contribution in [0.4, 0.5) is 0 Å². The number of carbonyl (C=O) groups excluding carboxylic acids is 4. The van der Waals surface area contributed by atoms with Gasteiger partial charge in [-0.2, -0.15) is 0 Å². The highest BCUT2D eigenvalue weighted by molar-refractivity contribution is 6.27. The number of esters is 3. The summed E-state index contributed by atoms with van der Waals surface area (Å²) in [7, 11) is 0. The third kappa shape index (κ3) is 4.07. The number of ketones is 1. The molecular weight excluding hydrogens is 558 g/mol. The van der Waals surface area contributed by atoms with Crippen LogP contribution in [0.5, 0.6) is 0 Å². The first-order valence-corrected chi connectivity index (χ1v) is 13.7. The molecule has 0 fully saturated rings.